The zero-order chi connectivity index (χ0) is 18.1. The third-order valence-electron chi connectivity index (χ3n) is 4.40. The maximum atomic E-state index is 10.8. The maximum Gasteiger partial charge on any atom is 0.259 e. The average Bonchev–Trinajstić information content (AvgIpc) is 2.40. The molecule has 0 aliphatic carbocycles. The predicted octanol–water partition coefficient (Wildman–Crippen LogP) is 0.608. The predicted molar refractivity (Wildman–Crippen MR) is 94.1 cm³/mol. The van der Waals surface area contributed by atoms with Crippen molar-refractivity contribution < 1.29 is 4.79 Å². The summed E-state index contributed by atoms with van der Waals surface area (Å²) >= 11 is 0. The van der Waals surface area contributed by atoms with Gasteiger partial charge in [-0.1, -0.05) is 6.92 Å². The van der Waals surface area contributed by atoms with Crippen LogP contribution in [-0.2, 0) is 4.79 Å². The zero-order valence-electron chi connectivity index (χ0n) is 14.8. The summed E-state index contributed by atoms with van der Waals surface area (Å²) in [4.78, 5) is 26.8. The molecule has 1 aliphatic heterocycles. The summed E-state index contributed by atoms with van der Waals surface area (Å²) in [5.74, 6) is 0.0534. The van der Waals surface area contributed by atoms with Gasteiger partial charge in [-0.15, -0.1) is 0 Å². The van der Waals surface area contributed by atoms with Crippen molar-refractivity contribution in [2.75, 3.05) is 11.1 Å². The normalized spacial score (nSPS) is 25.5. The van der Waals surface area contributed by atoms with E-state index in [9.17, 15) is 4.79 Å². The SMILES string of the molecule is CC1C(Nc2nc(N)nc(N=CC(N)=O)n2)CC(C)(C)NC1(C)C. The largest absolute Gasteiger partial charge is 0.368 e. The molecule has 2 atom stereocenters. The molecule has 9 heteroatoms. The van der Waals surface area contributed by atoms with E-state index >= 15 is 0 Å². The highest BCUT2D eigenvalue weighted by molar-refractivity contribution is 6.25. The van der Waals surface area contributed by atoms with E-state index in [1.807, 2.05) is 0 Å². The van der Waals surface area contributed by atoms with Crippen molar-refractivity contribution >= 4 is 30.0 Å². The number of piperidine rings is 1. The quantitative estimate of drug-likeness (QED) is 0.590. The Morgan fingerprint density at radius 1 is 1.33 bits per heavy atom. The molecule has 6 N–H and O–H groups in total. The summed E-state index contributed by atoms with van der Waals surface area (Å²) in [5, 5.41) is 7.00. The highest BCUT2D eigenvalue weighted by atomic mass is 16.1. The standard InChI is InChI=1S/C15H26N8O/c1-8-9(6-14(2,3)23-15(8,4)5)19-13-21-11(17)20-12(22-13)18-7-10(16)24/h7-9,23H,6H2,1-5H3,(H2,16,24)(H3,17,19,20,21,22). The van der Waals surface area contributed by atoms with Gasteiger partial charge in [0, 0.05) is 17.1 Å². The number of rotatable bonds is 4. The molecule has 0 radical (unpaired) electrons. The van der Waals surface area contributed by atoms with Crippen LogP contribution >= 0.6 is 0 Å². The minimum absolute atomic E-state index is 0.0286. The van der Waals surface area contributed by atoms with E-state index in [4.69, 9.17) is 11.5 Å². The summed E-state index contributed by atoms with van der Waals surface area (Å²) in [7, 11) is 0. The number of hydrogen-bond acceptors (Lipinski definition) is 8. The molecular formula is C15H26N8O. The molecule has 1 aromatic rings. The van der Waals surface area contributed by atoms with Gasteiger partial charge < -0.3 is 22.1 Å². The van der Waals surface area contributed by atoms with Crippen molar-refractivity contribution in [3.05, 3.63) is 0 Å². The summed E-state index contributed by atoms with van der Waals surface area (Å²) in [6.07, 6.45) is 1.83. The fourth-order valence-electron chi connectivity index (χ4n) is 3.23. The van der Waals surface area contributed by atoms with Crippen molar-refractivity contribution in [1.82, 2.24) is 20.3 Å². The number of aromatic nitrogens is 3. The third kappa shape index (κ3) is 4.38. The van der Waals surface area contributed by atoms with Gasteiger partial charge in [-0.3, -0.25) is 4.79 Å². The topological polar surface area (TPSA) is 144 Å². The van der Waals surface area contributed by atoms with Gasteiger partial charge in [0.15, 0.2) is 0 Å². The lowest BCUT2D eigenvalue weighted by Crippen LogP contribution is -2.65. The van der Waals surface area contributed by atoms with Crippen LogP contribution in [0.25, 0.3) is 0 Å². The number of nitrogens with one attached hydrogen (secondary N) is 2. The number of hydrogen-bond donors (Lipinski definition) is 4. The van der Waals surface area contributed by atoms with Crippen molar-refractivity contribution in [1.29, 1.82) is 0 Å². The van der Waals surface area contributed by atoms with E-state index in [2.05, 4.69) is 65.2 Å². The monoisotopic (exact) mass is 334 g/mol. The van der Waals surface area contributed by atoms with Gasteiger partial charge in [0.05, 0.1) is 6.21 Å². The number of nitrogens with zero attached hydrogens (tertiary/aromatic N) is 4. The van der Waals surface area contributed by atoms with Gasteiger partial charge in [0.1, 0.15) is 0 Å². The van der Waals surface area contributed by atoms with Gasteiger partial charge in [-0.25, -0.2) is 4.99 Å². The van der Waals surface area contributed by atoms with Crippen molar-refractivity contribution in [3.8, 4) is 0 Å². The molecule has 0 saturated carbocycles. The van der Waals surface area contributed by atoms with Crippen LogP contribution in [-0.4, -0.2) is 44.2 Å². The zero-order valence-corrected chi connectivity index (χ0v) is 14.8. The first-order valence-corrected chi connectivity index (χ1v) is 7.89. The van der Waals surface area contributed by atoms with E-state index in [0.717, 1.165) is 12.6 Å². The lowest BCUT2D eigenvalue weighted by Gasteiger charge is -2.51. The van der Waals surface area contributed by atoms with Crippen LogP contribution in [0.4, 0.5) is 17.8 Å². The number of primary amides is 1. The molecule has 0 spiro atoms. The van der Waals surface area contributed by atoms with Crippen molar-refractivity contribution in [2.45, 2.75) is 58.2 Å². The van der Waals surface area contributed by atoms with Crippen LogP contribution in [0.3, 0.4) is 0 Å². The Morgan fingerprint density at radius 2 is 2.00 bits per heavy atom. The van der Waals surface area contributed by atoms with E-state index in [0.29, 0.717) is 11.9 Å². The molecule has 1 saturated heterocycles. The van der Waals surface area contributed by atoms with Gasteiger partial charge >= 0.3 is 0 Å². The smallest absolute Gasteiger partial charge is 0.259 e. The van der Waals surface area contributed by atoms with Crippen LogP contribution in [0.2, 0.25) is 0 Å². The number of anilines is 2. The van der Waals surface area contributed by atoms with Crippen molar-refractivity contribution in [3.63, 3.8) is 0 Å². The summed E-state index contributed by atoms with van der Waals surface area (Å²) in [6.45, 7) is 10.9. The van der Waals surface area contributed by atoms with Crippen LogP contribution in [0.1, 0.15) is 41.0 Å². The molecule has 1 aromatic heterocycles. The fourth-order valence-corrected chi connectivity index (χ4v) is 3.23. The van der Waals surface area contributed by atoms with E-state index in [1.165, 1.54) is 0 Å². The van der Waals surface area contributed by atoms with E-state index < -0.39 is 5.91 Å². The summed E-state index contributed by atoms with van der Waals surface area (Å²) in [5.41, 5.74) is 10.7. The number of aliphatic imine (C=N–C) groups is 1. The molecule has 2 rings (SSSR count). The Bertz CT molecular complexity index is 655. The van der Waals surface area contributed by atoms with Crippen LogP contribution in [0.15, 0.2) is 4.99 Å². The molecular weight excluding hydrogens is 308 g/mol. The lowest BCUT2D eigenvalue weighted by atomic mass is 9.72. The molecule has 0 aromatic carbocycles. The third-order valence-corrected chi connectivity index (χ3v) is 4.40. The van der Waals surface area contributed by atoms with Gasteiger partial charge in [-0.05, 0) is 40.0 Å². The second kappa shape index (κ2) is 6.31. The lowest BCUT2D eigenvalue weighted by molar-refractivity contribution is -0.111. The number of carbonyl (C=O) groups excluding carboxylic acids is 1. The first kappa shape index (κ1) is 18.1. The number of amides is 1. The number of carbonyl (C=O) groups is 1. The summed E-state index contributed by atoms with van der Waals surface area (Å²) < 4.78 is 0. The Morgan fingerprint density at radius 3 is 2.62 bits per heavy atom. The maximum absolute atomic E-state index is 10.8. The Hall–Kier alpha value is -2.29. The summed E-state index contributed by atoms with van der Waals surface area (Å²) in [6, 6.07) is 0.144. The molecule has 2 heterocycles. The Kier molecular flexibility index (Phi) is 4.75. The van der Waals surface area contributed by atoms with E-state index in [-0.39, 0.29) is 29.0 Å². The Balaban J connectivity index is 2.25. The number of nitrogens with two attached hydrogens (primary N) is 2. The van der Waals surface area contributed by atoms with E-state index in [1.54, 1.807) is 0 Å². The van der Waals surface area contributed by atoms with Gasteiger partial charge in [-0.2, -0.15) is 15.0 Å². The van der Waals surface area contributed by atoms with Crippen LogP contribution < -0.4 is 22.1 Å². The van der Waals surface area contributed by atoms with Crippen LogP contribution in [0.5, 0.6) is 0 Å². The molecule has 1 aliphatic rings. The highest BCUT2D eigenvalue weighted by Gasteiger charge is 2.43. The first-order chi connectivity index (χ1) is 11.0. The molecule has 1 fully saturated rings. The molecule has 132 valence electrons. The second-order valence-corrected chi connectivity index (χ2v) is 7.45. The van der Waals surface area contributed by atoms with Gasteiger partial charge in [0.25, 0.3) is 11.9 Å². The minimum Gasteiger partial charge on any atom is -0.368 e. The molecule has 24 heavy (non-hydrogen) atoms. The molecule has 9 nitrogen and oxygen atoms in total. The minimum atomic E-state index is -0.682. The molecule has 2 unspecified atom stereocenters. The highest BCUT2D eigenvalue weighted by Crippen LogP contribution is 2.34. The number of nitrogen functional groups attached to an aromatic ring is 1. The second-order valence-electron chi connectivity index (χ2n) is 7.45. The van der Waals surface area contributed by atoms with Gasteiger partial charge in [0.2, 0.25) is 11.9 Å². The molecule has 1 amide bonds. The fraction of sp³-hybridized carbons (Fsp3) is 0.667. The first-order valence-electron chi connectivity index (χ1n) is 7.89. The Labute approximate surface area is 141 Å². The van der Waals surface area contributed by atoms with Crippen LogP contribution in [0, 0.1) is 5.92 Å². The average molecular weight is 334 g/mol. The van der Waals surface area contributed by atoms with Crippen molar-refractivity contribution in [2.24, 2.45) is 16.6 Å². The molecule has 0 bridgehead atoms.